The summed E-state index contributed by atoms with van der Waals surface area (Å²) in [6.45, 7) is 1.96. The molecule has 1 aromatic rings. The lowest BCUT2D eigenvalue weighted by Gasteiger charge is -2.35. The number of oxime groups is 1. The van der Waals surface area contributed by atoms with Crippen molar-refractivity contribution in [1.29, 1.82) is 0 Å². The molecule has 0 bridgehead atoms. The Morgan fingerprint density at radius 2 is 2.11 bits per heavy atom. The molecule has 1 aliphatic heterocycles. The van der Waals surface area contributed by atoms with E-state index in [4.69, 9.17) is 10.9 Å². The highest BCUT2D eigenvalue weighted by atomic mass is 16.4. The minimum Gasteiger partial charge on any atom is -0.409 e. The van der Waals surface area contributed by atoms with Gasteiger partial charge in [-0.3, -0.25) is 0 Å². The molecule has 0 atom stereocenters. The van der Waals surface area contributed by atoms with E-state index in [2.05, 4.69) is 34.0 Å². The summed E-state index contributed by atoms with van der Waals surface area (Å²) in [5.41, 5.74) is 6.08. The van der Waals surface area contributed by atoms with E-state index in [0.29, 0.717) is 11.7 Å². The fourth-order valence-electron chi connectivity index (χ4n) is 2.40. The predicted molar refractivity (Wildman–Crippen MR) is 75.7 cm³/mol. The van der Waals surface area contributed by atoms with Crippen LogP contribution in [-0.4, -0.2) is 54.2 Å². The highest BCUT2D eigenvalue weighted by Gasteiger charge is 2.21. The van der Waals surface area contributed by atoms with Crippen LogP contribution in [0, 0.1) is 0 Å². The van der Waals surface area contributed by atoms with E-state index >= 15 is 0 Å². The van der Waals surface area contributed by atoms with Gasteiger partial charge in [0.1, 0.15) is 11.5 Å². The molecule has 0 spiro atoms. The Morgan fingerprint density at radius 3 is 2.68 bits per heavy atom. The van der Waals surface area contributed by atoms with Gasteiger partial charge in [0.15, 0.2) is 5.84 Å². The lowest BCUT2D eigenvalue weighted by atomic mass is 10.0. The van der Waals surface area contributed by atoms with Gasteiger partial charge in [-0.2, -0.15) is 0 Å². The van der Waals surface area contributed by atoms with Crippen LogP contribution in [0.1, 0.15) is 18.5 Å². The molecule has 0 radical (unpaired) electrons. The Hall–Kier alpha value is -1.82. The first kappa shape index (κ1) is 13.6. The fraction of sp³-hybridized carbons (Fsp3) is 0.538. The Bertz CT molecular complexity index is 452. The first-order valence-electron chi connectivity index (χ1n) is 6.48. The number of piperidine rings is 1. The van der Waals surface area contributed by atoms with Crippen molar-refractivity contribution in [2.45, 2.75) is 18.9 Å². The number of hydrogen-bond donors (Lipinski definition) is 2. The van der Waals surface area contributed by atoms with Crippen molar-refractivity contribution in [1.82, 2.24) is 9.88 Å². The van der Waals surface area contributed by atoms with Crippen molar-refractivity contribution in [3.63, 3.8) is 0 Å². The maximum absolute atomic E-state index is 8.69. The van der Waals surface area contributed by atoms with Crippen molar-refractivity contribution >= 4 is 11.7 Å². The molecule has 3 N–H and O–H groups in total. The van der Waals surface area contributed by atoms with Crippen LogP contribution in [0.4, 0.5) is 5.82 Å². The van der Waals surface area contributed by atoms with Crippen molar-refractivity contribution < 1.29 is 5.21 Å². The highest BCUT2D eigenvalue weighted by molar-refractivity contribution is 5.95. The number of rotatable bonds is 3. The summed E-state index contributed by atoms with van der Waals surface area (Å²) in [6.07, 6.45) is 2.25. The summed E-state index contributed by atoms with van der Waals surface area (Å²) in [4.78, 5) is 8.95. The zero-order chi connectivity index (χ0) is 13.8. The van der Waals surface area contributed by atoms with E-state index in [0.717, 1.165) is 31.7 Å². The van der Waals surface area contributed by atoms with Gasteiger partial charge in [0.05, 0.1) is 0 Å². The summed E-state index contributed by atoms with van der Waals surface area (Å²) in [5.74, 6) is 0.936. The molecule has 0 saturated carbocycles. The standard InChI is InChI=1S/C13H21N5O/c1-17(2)10-6-8-18(9-7-10)12-5-3-4-11(15-12)13(14)16-19/h3-5,10,19H,6-9H2,1-2H3,(H2,14,16). The molecule has 1 aromatic heterocycles. The van der Waals surface area contributed by atoms with Crippen LogP contribution < -0.4 is 10.6 Å². The van der Waals surface area contributed by atoms with E-state index in [-0.39, 0.29) is 5.84 Å². The monoisotopic (exact) mass is 263 g/mol. The Labute approximate surface area is 113 Å². The molecule has 0 aliphatic carbocycles. The summed E-state index contributed by atoms with van der Waals surface area (Å²) in [7, 11) is 4.25. The van der Waals surface area contributed by atoms with Crippen LogP contribution >= 0.6 is 0 Å². The minimum absolute atomic E-state index is 0.0463. The largest absolute Gasteiger partial charge is 0.409 e. The molecule has 104 valence electrons. The summed E-state index contributed by atoms with van der Waals surface area (Å²) >= 11 is 0. The second kappa shape index (κ2) is 5.88. The summed E-state index contributed by atoms with van der Waals surface area (Å²) < 4.78 is 0. The molecular formula is C13H21N5O. The summed E-state index contributed by atoms with van der Waals surface area (Å²) in [5, 5.41) is 11.7. The average Bonchev–Trinajstić information content (AvgIpc) is 2.46. The van der Waals surface area contributed by atoms with E-state index < -0.39 is 0 Å². The lowest BCUT2D eigenvalue weighted by Crippen LogP contribution is -2.42. The van der Waals surface area contributed by atoms with Gasteiger partial charge in [0, 0.05) is 19.1 Å². The number of anilines is 1. The molecule has 1 saturated heterocycles. The van der Waals surface area contributed by atoms with Crippen LogP contribution in [0.25, 0.3) is 0 Å². The maximum atomic E-state index is 8.69. The quantitative estimate of drug-likeness (QED) is 0.363. The second-order valence-electron chi connectivity index (χ2n) is 5.05. The molecule has 1 aliphatic rings. The van der Waals surface area contributed by atoms with Gasteiger partial charge < -0.3 is 20.7 Å². The first-order chi connectivity index (χ1) is 9.11. The van der Waals surface area contributed by atoms with Gasteiger partial charge >= 0.3 is 0 Å². The minimum atomic E-state index is 0.0463. The molecule has 19 heavy (non-hydrogen) atoms. The van der Waals surface area contributed by atoms with Gasteiger partial charge in [-0.25, -0.2) is 4.98 Å². The van der Waals surface area contributed by atoms with Gasteiger partial charge in [0.25, 0.3) is 0 Å². The topological polar surface area (TPSA) is 78.0 Å². The van der Waals surface area contributed by atoms with E-state index in [1.54, 1.807) is 6.07 Å². The number of aromatic nitrogens is 1. The Kier molecular flexibility index (Phi) is 4.21. The van der Waals surface area contributed by atoms with Crippen LogP contribution in [0.15, 0.2) is 23.4 Å². The van der Waals surface area contributed by atoms with Crippen LogP contribution in [-0.2, 0) is 0 Å². The van der Waals surface area contributed by atoms with Crippen molar-refractivity contribution in [3.8, 4) is 0 Å². The smallest absolute Gasteiger partial charge is 0.188 e. The molecule has 6 heteroatoms. The van der Waals surface area contributed by atoms with Gasteiger partial charge in [-0.1, -0.05) is 11.2 Å². The predicted octanol–water partition coefficient (Wildman–Crippen LogP) is 0.707. The molecule has 2 rings (SSSR count). The van der Waals surface area contributed by atoms with Crippen LogP contribution in [0.5, 0.6) is 0 Å². The molecular weight excluding hydrogens is 242 g/mol. The third-order valence-electron chi connectivity index (χ3n) is 3.62. The van der Waals surface area contributed by atoms with Crippen molar-refractivity contribution in [2.75, 3.05) is 32.1 Å². The van der Waals surface area contributed by atoms with E-state index in [9.17, 15) is 0 Å². The van der Waals surface area contributed by atoms with Gasteiger partial charge in [-0.15, -0.1) is 0 Å². The maximum Gasteiger partial charge on any atom is 0.188 e. The second-order valence-corrected chi connectivity index (χ2v) is 5.05. The third-order valence-corrected chi connectivity index (χ3v) is 3.62. The molecule has 0 unspecified atom stereocenters. The normalized spacial score (nSPS) is 18.1. The molecule has 2 heterocycles. The van der Waals surface area contributed by atoms with Gasteiger partial charge in [-0.05, 0) is 39.1 Å². The SMILES string of the molecule is CN(C)C1CCN(c2cccc(C(N)=NO)n2)CC1. The number of amidine groups is 1. The zero-order valence-corrected chi connectivity index (χ0v) is 11.5. The molecule has 6 nitrogen and oxygen atoms in total. The average molecular weight is 263 g/mol. The fourth-order valence-corrected chi connectivity index (χ4v) is 2.40. The third kappa shape index (κ3) is 3.14. The highest BCUT2D eigenvalue weighted by Crippen LogP contribution is 2.20. The Balaban J connectivity index is 2.07. The van der Waals surface area contributed by atoms with E-state index in [1.165, 1.54) is 0 Å². The number of nitrogens with zero attached hydrogens (tertiary/aromatic N) is 4. The van der Waals surface area contributed by atoms with Crippen LogP contribution in [0.2, 0.25) is 0 Å². The first-order valence-corrected chi connectivity index (χ1v) is 6.48. The lowest BCUT2D eigenvalue weighted by molar-refractivity contribution is 0.249. The molecule has 1 fully saturated rings. The van der Waals surface area contributed by atoms with Crippen molar-refractivity contribution in [3.05, 3.63) is 23.9 Å². The number of hydrogen-bond acceptors (Lipinski definition) is 5. The van der Waals surface area contributed by atoms with Gasteiger partial charge in [0.2, 0.25) is 0 Å². The Morgan fingerprint density at radius 1 is 1.42 bits per heavy atom. The zero-order valence-electron chi connectivity index (χ0n) is 11.5. The molecule has 0 aromatic carbocycles. The molecule has 0 amide bonds. The number of nitrogens with two attached hydrogens (primary N) is 1. The van der Waals surface area contributed by atoms with Crippen molar-refractivity contribution in [2.24, 2.45) is 10.9 Å². The van der Waals surface area contributed by atoms with E-state index in [1.807, 2.05) is 12.1 Å². The number of pyridine rings is 1. The van der Waals surface area contributed by atoms with Crippen LogP contribution in [0.3, 0.4) is 0 Å². The summed E-state index contributed by atoms with van der Waals surface area (Å²) in [6, 6.07) is 6.23.